The zero-order chi connectivity index (χ0) is 94.4. The molecule has 666 valence electrons. The molecule has 0 aliphatic carbocycles. The quantitative estimate of drug-likeness (QED) is 0.107. The summed E-state index contributed by atoms with van der Waals surface area (Å²) in [6.45, 7) is 0. The molecule has 143 heavy (non-hydrogen) atoms. The second kappa shape index (κ2) is 36.0. The SMILES string of the molecule is c1ccc(-c2cc(-c3c4ccccc4c(-c4ccc5ccccc5c4)c4ccccc34)c3c(c2)sc2ccccc23)cc1.c1ccc(-c2cc(-c3ccccc3)cc(-c3c4ccccc4c(-c4cc(-c5ccccc5)cc5sc6ccccc6c45)c4ccccc34)c2)cc1.c1ccc(-c2ccc(-c3c4ccccc4c(-c4cc(-c5ccc6ccccc6c5)cc5sc6ccccc6c45)c4ccccc34)cc2)cc1. The van der Waals surface area contributed by atoms with E-state index in [-0.39, 0.29) is 0 Å². The van der Waals surface area contributed by atoms with E-state index in [4.69, 9.17) is 0 Å². The summed E-state index contributed by atoms with van der Waals surface area (Å²) in [6, 6.07) is 196. The van der Waals surface area contributed by atoms with E-state index in [0.29, 0.717) is 0 Å². The van der Waals surface area contributed by atoms with Crippen molar-refractivity contribution in [2.24, 2.45) is 0 Å². The molecule has 0 saturated carbocycles. The van der Waals surface area contributed by atoms with Crippen LogP contribution in [0.3, 0.4) is 0 Å². The molecule has 3 heteroatoms. The summed E-state index contributed by atoms with van der Waals surface area (Å²) < 4.78 is 7.91. The molecule has 26 aromatic carbocycles. The third kappa shape index (κ3) is 15.1. The van der Waals surface area contributed by atoms with Gasteiger partial charge in [-0.3, -0.25) is 0 Å². The Bertz CT molecular complexity index is 9840. The lowest BCUT2D eigenvalue weighted by Gasteiger charge is -2.20. The predicted molar refractivity (Wildman–Crippen MR) is 623 cm³/mol. The molecule has 0 radical (unpaired) electrons. The molecule has 0 unspecified atom stereocenters. The topological polar surface area (TPSA) is 0 Å². The van der Waals surface area contributed by atoms with Crippen LogP contribution < -0.4 is 0 Å². The van der Waals surface area contributed by atoms with Crippen molar-refractivity contribution in [3.8, 4) is 134 Å². The lowest BCUT2D eigenvalue weighted by atomic mass is 9.83. The monoisotopic (exact) mass is 1860 g/mol. The Balaban J connectivity index is 0.000000107. The van der Waals surface area contributed by atoms with Crippen molar-refractivity contribution in [3.05, 3.63) is 534 Å². The van der Waals surface area contributed by atoms with Crippen LogP contribution in [-0.2, 0) is 0 Å². The zero-order valence-electron chi connectivity index (χ0n) is 78.0. The first kappa shape index (κ1) is 84.7. The maximum absolute atomic E-state index is 2.45. The molecule has 3 heterocycles. The highest BCUT2D eigenvalue weighted by Crippen LogP contribution is 2.56. The lowest BCUT2D eigenvalue weighted by molar-refractivity contribution is 1.58. The average molecular weight is 1870 g/mol. The highest BCUT2D eigenvalue weighted by molar-refractivity contribution is 7.26. The summed E-state index contributed by atoms with van der Waals surface area (Å²) in [5, 5.41) is 28.3. The van der Waals surface area contributed by atoms with Crippen molar-refractivity contribution < 1.29 is 0 Å². The van der Waals surface area contributed by atoms with Gasteiger partial charge >= 0.3 is 0 Å². The molecule has 0 amide bonds. The first-order chi connectivity index (χ1) is 70.9. The minimum atomic E-state index is 1.21. The molecule has 0 N–H and O–H groups in total. The molecule has 0 bridgehead atoms. The van der Waals surface area contributed by atoms with Crippen molar-refractivity contribution in [1.29, 1.82) is 0 Å². The fraction of sp³-hybridized carbons (Fsp3) is 0. The van der Waals surface area contributed by atoms with Gasteiger partial charge in [-0.2, -0.15) is 0 Å². The molecule has 0 atom stereocenters. The maximum atomic E-state index is 2.45. The van der Waals surface area contributed by atoms with Crippen molar-refractivity contribution in [3.63, 3.8) is 0 Å². The number of thiophene rings is 3. The predicted octanol–water partition coefficient (Wildman–Crippen LogP) is 41.4. The largest absolute Gasteiger partial charge is 0.135 e. The highest BCUT2D eigenvalue weighted by atomic mass is 32.1. The molecule has 0 aliphatic heterocycles. The summed E-state index contributed by atoms with van der Waals surface area (Å²) in [5.74, 6) is 0. The summed E-state index contributed by atoms with van der Waals surface area (Å²) >= 11 is 5.67. The van der Waals surface area contributed by atoms with E-state index < -0.39 is 0 Å². The summed E-state index contributed by atoms with van der Waals surface area (Å²) in [5.41, 5.74) is 30.1. The minimum absolute atomic E-state index is 1.21. The van der Waals surface area contributed by atoms with Crippen LogP contribution >= 0.6 is 34.0 Å². The average Bonchev–Trinajstić information content (AvgIpc) is 1.43. The fourth-order valence-corrected chi connectivity index (χ4v) is 26.2. The molecule has 29 aromatic rings. The van der Waals surface area contributed by atoms with Crippen LogP contribution in [0.2, 0.25) is 0 Å². The van der Waals surface area contributed by atoms with E-state index in [1.165, 1.54) is 280 Å². The van der Waals surface area contributed by atoms with Crippen LogP contribution in [0.15, 0.2) is 534 Å². The van der Waals surface area contributed by atoms with Crippen LogP contribution in [0.4, 0.5) is 0 Å². The van der Waals surface area contributed by atoms with E-state index in [1.54, 1.807) is 0 Å². The van der Waals surface area contributed by atoms with Gasteiger partial charge in [-0.15, -0.1) is 34.0 Å². The van der Waals surface area contributed by atoms with Crippen molar-refractivity contribution in [1.82, 2.24) is 0 Å². The Labute approximate surface area is 841 Å². The second-order valence-electron chi connectivity index (χ2n) is 37.3. The van der Waals surface area contributed by atoms with Crippen molar-refractivity contribution >= 4 is 181 Å². The van der Waals surface area contributed by atoms with Gasteiger partial charge in [0.15, 0.2) is 0 Å². The molecule has 0 spiro atoms. The molecular weight excluding hydrogens is 1780 g/mol. The fourth-order valence-electron chi connectivity index (χ4n) is 22.6. The van der Waals surface area contributed by atoms with Gasteiger partial charge in [-0.25, -0.2) is 0 Å². The Hall–Kier alpha value is -17.5. The molecule has 0 nitrogen and oxygen atoms in total. The van der Waals surface area contributed by atoms with Gasteiger partial charge in [0.05, 0.1) is 0 Å². The Morgan fingerprint density at radius 3 is 0.622 bits per heavy atom. The molecule has 29 rings (SSSR count). The number of benzene rings is 26. The third-order valence-corrected chi connectivity index (χ3v) is 32.4. The highest BCUT2D eigenvalue weighted by Gasteiger charge is 2.28. The van der Waals surface area contributed by atoms with Crippen LogP contribution in [0.5, 0.6) is 0 Å². The van der Waals surface area contributed by atoms with Crippen LogP contribution in [0, 0.1) is 0 Å². The Morgan fingerprint density at radius 2 is 0.301 bits per heavy atom. The number of fused-ring (bicyclic) bond motifs is 17. The lowest BCUT2D eigenvalue weighted by Crippen LogP contribution is -1.93. The third-order valence-electron chi connectivity index (χ3n) is 29.1. The first-order valence-corrected chi connectivity index (χ1v) is 51.6. The molecule has 0 fully saturated rings. The van der Waals surface area contributed by atoms with E-state index in [9.17, 15) is 0 Å². The Morgan fingerprint density at radius 1 is 0.0979 bits per heavy atom. The van der Waals surface area contributed by atoms with Gasteiger partial charge in [0.25, 0.3) is 0 Å². The Kier molecular flexibility index (Phi) is 21.3. The summed E-state index contributed by atoms with van der Waals surface area (Å²) in [6.07, 6.45) is 0. The van der Waals surface area contributed by atoms with Gasteiger partial charge in [0, 0.05) is 60.5 Å². The summed E-state index contributed by atoms with van der Waals surface area (Å²) in [4.78, 5) is 0. The standard InChI is InChI=1S/C50H32S.C48H30S.C42H26S/c1-4-16-33(17-5-1)36-28-37(34-18-6-2-7-19-34)30-39(29-36)48-40-22-10-12-24-42(40)49(43-25-13-11-23-41(43)48)45-31-38(35-20-8-3-9-21-35)32-47-50(45)44-26-14-15-27-46(44)51-47;1-2-12-31(13-3-1)33-22-25-34(26-23-33)46-38-16-6-8-18-40(38)47(41-19-9-7-17-39(41)46)43-29-37(36-27-24-32-14-4-5-15-35(32)28-36)30-45-48(43)42-20-10-11-21-44(42)49-45;1-2-12-27(13-3-1)31-25-37(42-36-20-10-11-21-38(36)43-39(42)26-31)41-34-18-8-6-16-32(34)40(33-17-7-9-19-35(33)41)30-23-22-28-14-4-5-15-29(28)24-30/h1-32H;1-30H;1-26H. The van der Waals surface area contributed by atoms with Crippen molar-refractivity contribution in [2.45, 2.75) is 0 Å². The smallest absolute Gasteiger partial charge is 0.0367 e. The van der Waals surface area contributed by atoms with Gasteiger partial charge in [-0.1, -0.05) is 449 Å². The second-order valence-corrected chi connectivity index (χ2v) is 40.6. The minimum Gasteiger partial charge on any atom is -0.135 e. The van der Waals surface area contributed by atoms with E-state index >= 15 is 0 Å². The van der Waals surface area contributed by atoms with Crippen LogP contribution in [0.25, 0.3) is 280 Å². The van der Waals surface area contributed by atoms with Crippen LogP contribution in [-0.4, -0.2) is 0 Å². The van der Waals surface area contributed by atoms with Gasteiger partial charge in [0.2, 0.25) is 0 Å². The van der Waals surface area contributed by atoms with E-state index in [0.717, 1.165) is 0 Å². The normalized spacial score (nSPS) is 11.6. The molecule has 3 aromatic heterocycles. The number of hydrogen-bond acceptors (Lipinski definition) is 3. The molecule has 0 aliphatic rings. The summed E-state index contributed by atoms with van der Waals surface area (Å²) in [7, 11) is 0. The van der Waals surface area contributed by atoms with Crippen molar-refractivity contribution in [2.75, 3.05) is 0 Å². The molecular formula is C140H88S3. The first-order valence-electron chi connectivity index (χ1n) is 49.1. The van der Waals surface area contributed by atoms with Gasteiger partial charge in [0.1, 0.15) is 0 Å². The van der Waals surface area contributed by atoms with Crippen LogP contribution in [0.1, 0.15) is 0 Å². The maximum Gasteiger partial charge on any atom is 0.0367 e. The number of rotatable bonds is 12. The van der Waals surface area contributed by atoms with Gasteiger partial charge < -0.3 is 0 Å². The van der Waals surface area contributed by atoms with Gasteiger partial charge in [-0.05, 0) is 305 Å². The zero-order valence-corrected chi connectivity index (χ0v) is 80.5. The molecule has 0 saturated heterocycles. The van der Waals surface area contributed by atoms with E-state index in [2.05, 4.69) is 534 Å². The number of hydrogen-bond donors (Lipinski definition) is 0. The van der Waals surface area contributed by atoms with E-state index in [1.807, 2.05) is 34.0 Å².